The lowest BCUT2D eigenvalue weighted by Gasteiger charge is -2.43. The second kappa shape index (κ2) is 7.53. The van der Waals surface area contributed by atoms with Gasteiger partial charge in [0.25, 0.3) is 0 Å². The quantitative estimate of drug-likeness (QED) is 0.599. The first-order chi connectivity index (χ1) is 14.2. The van der Waals surface area contributed by atoms with Crippen molar-refractivity contribution in [2.75, 3.05) is 26.2 Å². The van der Waals surface area contributed by atoms with Crippen LogP contribution in [0.5, 0.6) is 0 Å². The summed E-state index contributed by atoms with van der Waals surface area (Å²) in [7, 11) is 0. The monoisotopic (exact) mass is 410 g/mol. The number of fused-ring (bicyclic) bond motifs is 2. The summed E-state index contributed by atoms with van der Waals surface area (Å²) in [6, 6.07) is 8.23. The molecule has 8 heteroatoms. The molecule has 152 valence electrons. The van der Waals surface area contributed by atoms with Gasteiger partial charge >= 0.3 is 0 Å². The van der Waals surface area contributed by atoms with Gasteiger partial charge in [0, 0.05) is 36.0 Å². The number of quaternary nitrogens is 1. The molecular weight excluding hydrogens is 384 g/mol. The highest BCUT2D eigenvalue weighted by Gasteiger charge is 2.40. The van der Waals surface area contributed by atoms with Gasteiger partial charge < -0.3 is 20.1 Å². The molecule has 3 aliphatic heterocycles. The van der Waals surface area contributed by atoms with Gasteiger partial charge in [-0.2, -0.15) is 0 Å². The zero-order valence-corrected chi connectivity index (χ0v) is 17.4. The zero-order chi connectivity index (χ0) is 19.8. The van der Waals surface area contributed by atoms with E-state index in [1.165, 1.54) is 0 Å². The summed E-state index contributed by atoms with van der Waals surface area (Å²) in [5.41, 5.74) is 2.80. The average Bonchev–Trinajstić information content (AvgIpc) is 3.40. The van der Waals surface area contributed by atoms with Gasteiger partial charge in [-0.05, 0) is 25.5 Å². The second-order valence-corrected chi connectivity index (χ2v) is 8.76. The van der Waals surface area contributed by atoms with Crippen molar-refractivity contribution >= 4 is 23.2 Å². The number of aliphatic imine (C=N–C) groups is 1. The number of hydroxylamine groups is 2. The molecule has 0 aliphatic carbocycles. The molecule has 4 heterocycles. The van der Waals surface area contributed by atoms with Crippen molar-refractivity contribution in [3.8, 4) is 10.6 Å². The molecule has 1 aromatic heterocycles. The van der Waals surface area contributed by atoms with Crippen LogP contribution in [0.15, 0.2) is 52.2 Å². The van der Waals surface area contributed by atoms with Crippen LogP contribution in [-0.2, 0) is 0 Å². The highest BCUT2D eigenvalue weighted by molar-refractivity contribution is 7.13. The summed E-state index contributed by atoms with van der Waals surface area (Å²) in [5.74, 6) is 1.08. The van der Waals surface area contributed by atoms with Crippen molar-refractivity contribution in [1.29, 1.82) is 0 Å². The molecule has 0 amide bonds. The van der Waals surface area contributed by atoms with Crippen LogP contribution in [0.2, 0.25) is 0 Å². The van der Waals surface area contributed by atoms with Crippen LogP contribution < -0.4 is 15.3 Å². The molecule has 0 spiro atoms. The fourth-order valence-corrected chi connectivity index (χ4v) is 5.26. The molecule has 2 aromatic rings. The van der Waals surface area contributed by atoms with E-state index in [0.717, 1.165) is 53.6 Å². The van der Waals surface area contributed by atoms with Crippen LogP contribution in [0.3, 0.4) is 0 Å². The molecule has 2 unspecified atom stereocenters. The lowest BCUT2D eigenvalue weighted by atomic mass is 10.1. The predicted octanol–water partition coefficient (Wildman–Crippen LogP) is 2.87. The Bertz CT molecular complexity index is 942. The van der Waals surface area contributed by atoms with E-state index < -0.39 is 0 Å². The Morgan fingerprint density at radius 1 is 1.41 bits per heavy atom. The molecule has 1 fully saturated rings. The van der Waals surface area contributed by atoms with Gasteiger partial charge in [-0.15, -0.1) is 11.3 Å². The van der Waals surface area contributed by atoms with Crippen molar-refractivity contribution in [2.24, 2.45) is 4.99 Å². The maximum Gasteiger partial charge on any atom is 0.174 e. The highest BCUT2D eigenvalue weighted by atomic mass is 32.1. The van der Waals surface area contributed by atoms with Crippen LogP contribution in [0.4, 0.5) is 5.69 Å². The summed E-state index contributed by atoms with van der Waals surface area (Å²) in [6.07, 6.45) is 5.75. The van der Waals surface area contributed by atoms with Crippen molar-refractivity contribution < 1.29 is 0 Å². The molecule has 2 N–H and O–H groups in total. The number of nitrogens with one attached hydrogen (secondary N) is 2. The van der Waals surface area contributed by atoms with E-state index in [9.17, 15) is 5.21 Å². The van der Waals surface area contributed by atoms with Crippen molar-refractivity contribution in [3.63, 3.8) is 0 Å². The minimum absolute atomic E-state index is 0.125. The Labute approximate surface area is 174 Å². The van der Waals surface area contributed by atoms with E-state index in [4.69, 9.17) is 0 Å². The van der Waals surface area contributed by atoms with Gasteiger partial charge in [-0.1, -0.05) is 19.1 Å². The maximum absolute atomic E-state index is 14.2. The number of thiazole rings is 1. The lowest BCUT2D eigenvalue weighted by molar-refractivity contribution is 0.250. The third-order valence-electron chi connectivity index (χ3n) is 5.95. The van der Waals surface area contributed by atoms with Crippen LogP contribution in [-0.4, -0.2) is 54.6 Å². The Morgan fingerprint density at radius 3 is 3.17 bits per heavy atom. The van der Waals surface area contributed by atoms with E-state index >= 15 is 0 Å². The van der Waals surface area contributed by atoms with Crippen LogP contribution in [0.1, 0.15) is 19.8 Å². The minimum Gasteiger partial charge on any atom is -0.627 e. The summed E-state index contributed by atoms with van der Waals surface area (Å²) < 4.78 is -0.362. The van der Waals surface area contributed by atoms with E-state index in [0.29, 0.717) is 13.1 Å². The van der Waals surface area contributed by atoms with E-state index in [2.05, 4.69) is 32.4 Å². The van der Waals surface area contributed by atoms with Crippen LogP contribution >= 0.6 is 11.3 Å². The number of rotatable bonds is 4. The third kappa shape index (κ3) is 3.46. The van der Waals surface area contributed by atoms with Gasteiger partial charge in [0.05, 0.1) is 11.6 Å². The molecule has 7 nitrogen and oxygen atoms in total. The molecule has 3 atom stereocenters. The van der Waals surface area contributed by atoms with Crippen molar-refractivity contribution in [1.82, 2.24) is 25.2 Å². The predicted molar refractivity (Wildman–Crippen MR) is 118 cm³/mol. The molecule has 29 heavy (non-hydrogen) atoms. The Hall–Kier alpha value is -2.26. The normalized spacial score (nSPS) is 28.7. The first kappa shape index (κ1) is 18.7. The molecular formula is C21H26N6OS. The Balaban J connectivity index is 1.52. The topological polar surface area (TPSA) is 75.6 Å². The number of hydrogen-bond acceptors (Lipinski definition) is 7. The largest absolute Gasteiger partial charge is 0.627 e. The van der Waals surface area contributed by atoms with Crippen molar-refractivity contribution in [2.45, 2.75) is 32.1 Å². The van der Waals surface area contributed by atoms with Gasteiger partial charge in [0.2, 0.25) is 0 Å². The molecule has 1 saturated heterocycles. The van der Waals surface area contributed by atoms with E-state index in [-0.39, 0.29) is 17.0 Å². The smallest absolute Gasteiger partial charge is 0.174 e. The first-order valence-corrected chi connectivity index (χ1v) is 11.2. The van der Waals surface area contributed by atoms with E-state index in [1.807, 2.05) is 35.9 Å². The molecule has 1 aromatic carbocycles. The lowest BCUT2D eigenvalue weighted by Crippen LogP contribution is -2.50. The Kier molecular flexibility index (Phi) is 4.87. The van der Waals surface area contributed by atoms with E-state index in [1.54, 1.807) is 17.5 Å². The third-order valence-corrected chi connectivity index (χ3v) is 6.77. The highest BCUT2D eigenvalue weighted by Crippen LogP contribution is 2.36. The summed E-state index contributed by atoms with van der Waals surface area (Å²) in [6.45, 7) is 4.84. The summed E-state index contributed by atoms with van der Waals surface area (Å²) in [5, 5.41) is 24.0. The summed E-state index contributed by atoms with van der Waals surface area (Å²) in [4.78, 5) is 11.4. The molecule has 0 bridgehead atoms. The van der Waals surface area contributed by atoms with Crippen LogP contribution in [0.25, 0.3) is 10.6 Å². The van der Waals surface area contributed by atoms with Crippen LogP contribution in [0, 0.1) is 5.21 Å². The number of aromatic nitrogens is 1. The molecule has 0 saturated carbocycles. The second-order valence-electron chi connectivity index (χ2n) is 7.86. The molecule has 0 radical (unpaired) electrons. The minimum atomic E-state index is -0.362. The zero-order valence-electron chi connectivity index (χ0n) is 16.5. The first-order valence-electron chi connectivity index (χ1n) is 10.3. The molecule has 3 aliphatic rings. The average molecular weight is 411 g/mol. The van der Waals surface area contributed by atoms with Gasteiger partial charge in [-0.25, -0.2) is 4.98 Å². The number of nitrogens with zero attached hydrogens (tertiary/aromatic N) is 4. The number of benzene rings is 1. The van der Waals surface area contributed by atoms with Crippen molar-refractivity contribution in [3.05, 3.63) is 52.4 Å². The number of hydrogen-bond donors (Lipinski definition) is 2. The summed E-state index contributed by atoms with van der Waals surface area (Å²) >= 11 is 1.60. The Morgan fingerprint density at radius 2 is 2.34 bits per heavy atom. The van der Waals surface area contributed by atoms with Gasteiger partial charge in [0.1, 0.15) is 29.6 Å². The SMILES string of the molecule is CCN[C@H]1N=CC2=C(N1)N1CCCC1C[N+]([O-])(c1cccc(-c3nccs3)c1)C2. The maximum atomic E-state index is 14.2. The molecule has 5 rings (SSSR count). The van der Waals surface area contributed by atoms with Gasteiger partial charge in [0.15, 0.2) is 6.29 Å². The fourth-order valence-electron chi connectivity index (χ4n) is 4.62. The fraction of sp³-hybridized carbons (Fsp3) is 0.429. The van der Waals surface area contributed by atoms with Gasteiger partial charge in [-0.3, -0.25) is 10.3 Å². The standard InChI is InChI=1S/C21H26N6OS/c1-2-22-21-24-12-16-13-27(28,14-17-6-4-9-26(17)19(16)25-21)18-7-3-5-15(11-18)20-23-8-10-29-20/h3,5,7-8,10-12,17,21-22,25H,2,4,6,9,13-14H2,1H3/t17?,21-,27?/m0/s1.